The van der Waals surface area contributed by atoms with Crippen LogP contribution in [0.1, 0.15) is 16.8 Å². The SMILES string of the molecule is O=C(NC(CCO)C(=O)O)c1ccnc(Cl)c1. The number of halogens is 1. The Labute approximate surface area is 102 Å². The molecule has 0 aliphatic heterocycles. The molecule has 0 radical (unpaired) electrons. The number of nitrogens with zero attached hydrogens (tertiary/aromatic N) is 1. The van der Waals surface area contributed by atoms with E-state index in [4.69, 9.17) is 21.8 Å². The Morgan fingerprint density at radius 2 is 2.24 bits per heavy atom. The van der Waals surface area contributed by atoms with Crippen LogP contribution in [0.2, 0.25) is 5.15 Å². The molecule has 0 saturated heterocycles. The molecule has 0 spiro atoms. The van der Waals surface area contributed by atoms with Crippen molar-refractivity contribution in [1.29, 1.82) is 0 Å². The predicted molar refractivity (Wildman–Crippen MR) is 59.8 cm³/mol. The Hall–Kier alpha value is -1.66. The standard InChI is InChI=1S/C10H11ClN2O4/c11-8-5-6(1-3-12-8)9(15)13-7(2-4-14)10(16)17/h1,3,5,7,14H,2,4H2,(H,13,15)(H,16,17). The third-order valence-electron chi connectivity index (χ3n) is 2.01. The smallest absolute Gasteiger partial charge is 0.326 e. The molecule has 0 bridgehead atoms. The minimum atomic E-state index is -1.20. The van der Waals surface area contributed by atoms with Gasteiger partial charge in [-0.1, -0.05) is 11.6 Å². The number of amides is 1. The average molecular weight is 259 g/mol. The Kier molecular flexibility index (Phi) is 4.86. The van der Waals surface area contributed by atoms with E-state index in [2.05, 4.69) is 10.3 Å². The van der Waals surface area contributed by atoms with Crippen molar-refractivity contribution in [3.63, 3.8) is 0 Å². The van der Waals surface area contributed by atoms with Gasteiger partial charge in [-0.3, -0.25) is 4.79 Å². The predicted octanol–water partition coefficient (Wildman–Crippen LogP) is 0.300. The third-order valence-corrected chi connectivity index (χ3v) is 2.22. The van der Waals surface area contributed by atoms with E-state index in [-0.39, 0.29) is 23.7 Å². The molecular formula is C10H11ClN2O4. The van der Waals surface area contributed by atoms with Gasteiger partial charge in [-0.05, 0) is 12.1 Å². The molecule has 1 rings (SSSR count). The van der Waals surface area contributed by atoms with Crippen molar-refractivity contribution in [2.45, 2.75) is 12.5 Å². The Bertz CT molecular complexity index is 425. The highest BCUT2D eigenvalue weighted by Gasteiger charge is 2.20. The second-order valence-corrected chi connectivity index (χ2v) is 3.63. The topological polar surface area (TPSA) is 99.5 Å². The van der Waals surface area contributed by atoms with Gasteiger partial charge in [-0.25, -0.2) is 9.78 Å². The van der Waals surface area contributed by atoms with Crippen molar-refractivity contribution in [2.75, 3.05) is 6.61 Å². The fourth-order valence-electron chi connectivity index (χ4n) is 1.17. The van der Waals surface area contributed by atoms with Gasteiger partial charge in [0.2, 0.25) is 0 Å². The van der Waals surface area contributed by atoms with E-state index >= 15 is 0 Å². The molecule has 0 fully saturated rings. The van der Waals surface area contributed by atoms with E-state index in [1.807, 2.05) is 0 Å². The van der Waals surface area contributed by atoms with Gasteiger partial charge in [0.05, 0.1) is 0 Å². The second-order valence-electron chi connectivity index (χ2n) is 3.24. The number of aliphatic hydroxyl groups is 1. The molecule has 17 heavy (non-hydrogen) atoms. The fourth-order valence-corrected chi connectivity index (χ4v) is 1.35. The molecule has 1 amide bonds. The number of nitrogens with one attached hydrogen (secondary N) is 1. The molecule has 1 heterocycles. The van der Waals surface area contributed by atoms with Crippen molar-refractivity contribution >= 4 is 23.5 Å². The number of pyridine rings is 1. The lowest BCUT2D eigenvalue weighted by Gasteiger charge is -2.13. The monoisotopic (exact) mass is 258 g/mol. The first-order valence-corrected chi connectivity index (χ1v) is 5.18. The van der Waals surface area contributed by atoms with E-state index in [9.17, 15) is 9.59 Å². The summed E-state index contributed by atoms with van der Waals surface area (Å²) in [6.07, 6.45) is 1.29. The van der Waals surface area contributed by atoms with Crippen LogP contribution in [0.15, 0.2) is 18.3 Å². The largest absolute Gasteiger partial charge is 0.480 e. The number of carbonyl (C=O) groups excluding carboxylic acids is 1. The lowest BCUT2D eigenvalue weighted by Crippen LogP contribution is -2.41. The van der Waals surface area contributed by atoms with Gasteiger partial charge in [0, 0.05) is 24.8 Å². The molecule has 0 saturated carbocycles. The zero-order valence-electron chi connectivity index (χ0n) is 8.76. The van der Waals surface area contributed by atoms with Crippen LogP contribution in [0.4, 0.5) is 0 Å². The zero-order valence-corrected chi connectivity index (χ0v) is 9.52. The number of rotatable bonds is 5. The number of hydrogen-bond donors (Lipinski definition) is 3. The molecular weight excluding hydrogens is 248 g/mol. The summed E-state index contributed by atoms with van der Waals surface area (Å²) in [5.41, 5.74) is 0.217. The highest BCUT2D eigenvalue weighted by Crippen LogP contribution is 2.07. The van der Waals surface area contributed by atoms with Gasteiger partial charge in [0.25, 0.3) is 5.91 Å². The van der Waals surface area contributed by atoms with Crippen molar-refractivity contribution in [3.8, 4) is 0 Å². The number of carbonyl (C=O) groups is 2. The summed E-state index contributed by atoms with van der Waals surface area (Å²) in [6, 6.07) is 1.62. The van der Waals surface area contributed by atoms with Crippen LogP contribution in [0, 0.1) is 0 Å². The summed E-state index contributed by atoms with van der Waals surface area (Å²) in [4.78, 5) is 26.1. The fraction of sp³-hybridized carbons (Fsp3) is 0.300. The molecule has 3 N–H and O–H groups in total. The molecule has 1 atom stereocenters. The van der Waals surface area contributed by atoms with Crippen LogP contribution in [0.25, 0.3) is 0 Å². The molecule has 0 aromatic carbocycles. The van der Waals surface area contributed by atoms with Crippen molar-refractivity contribution < 1.29 is 19.8 Å². The Morgan fingerprint density at radius 3 is 2.76 bits per heavy atom. The lowest BCUT2D eigenvalue weighted by atomic mass is 10.2. The van der Waals surface area contributed by atoms with Crippen LogP contribution in [0.5, 0.6) is 0 Å². The number of aliphatic carboxylic acids is 1. The maximum absolute atomic E-state index is 11.6. The molecule has 92 valence electrons. The van der Waals surface area contributed by atoms with Crippen LogP contribution in [0.3, 0.4) is 0 Å². The summed E-state index contributed by atoms with van der Waals surface area (Å²) in [5, 5.41) is 19.9. The minimum absolute atomic E-state index is 0.0557. The summed E-state index contributed by atoms with van der Waals surface area (Å²) in [7, 11) is 0. The Morgan fingerprint density at radius 1 is 1.53 bits per heavy atom. The van der Waals surface area contributed by atoms with Crippen LogP contribution >= 0.6 is 11.6 Å². The van der Waals surface area contributed by atoms with E-state index < -0.39 is 17.9 Å². The van der Waals surface area contributed by atoms with E-state index in [0.717, 1.165) is 0 Å². The van der Waals surface area contributed by atoms with E-state index in [1.165, 1.54) is 18.3 Å². The van der Waals surface area contributed by atoms with E-state index in [0.29, 0.717) is 0 Å². The van der Waals surface area contributed by atoms with Crippen molar-refractivity contribution in [1.82, 2.24) is 10.3 Å². The van der Waals surface area contributed by atoms with Gasteiger partial charge in [0.15, 0.2) is 0 Å². The number of hydrogen-bond acceptors (Lipinski definition) is 4. The lowest BCUT2D eigenvalue weighted by molar-refractivity contribution is -0.139. The maximum atomic E-state index is 11.6. The first kappa shape index (κ1) is 13.4. The van der Waals surface area contributed by atoms with Crippen LogP contribution in [-0.2, 0) is 4.79 Å². The first-order valence-electron chi connectivity index (χ1n) is 4.80. The van der Waals surface area contributed by atoms with Crippen molar-refractivity contribution in [3.05, 3.63) is 29.0 Å². The van der Waals surface area contributed by atoms with Gasteiger partial charge < -0.3 is 15.5 Å². The first-order chi connectivity index (χ1) is 8.04. The summed E-state index contributed by atoms with van der Waals surface area (Å²) in [6.45, 7) is -0.325. The molecule has 7 heteroatoms. The van der Waals surface area contributed by atoms with Gasteiger partial charge >= 0.3 is 5.97 Å². The van der Waals surface area contributed by atoms with Gasteiger partial charge in [-0.15, -0.1) is 0 Å². The quantitative estimate of drug-likeness (QED) is 0.660. The number of carboxylic acid groups (broad SMARTS) is 1. The second kappa shape index (κ2) is 6.17. The highest BCUT2D eigenvalue weighted by atomic mass is 35.5. The molecule has 0 aliphatic rings. The van der Waals surface area contributed by atoms with Crippen molar-refractivity contribution in [2.24, 2.45) is 0 Å². The minimum Gasteiger partial charge on any atom is -0.480 e. The van der Waals surface area contributed by atoms with Crippen LogP contribution in [-0.4, -0.2) is 39.7 Å². The Balaban J connectivity index is 2.73. The summed E-state index contributed by atoms with van der Waals surface area (Å²) >= 11 is 5.60. The zero-order chi connectivity index (χ0) is 12.8. The molecule has 1 aromatic rings. The highest BCUT2D eigenvalue weighted by molar-refractivity contribution is 6.29. The molecule has 6 nitrogen and oxygen atoms in total. The maximum Gasteiger partial charge on any atom is 0.326 e. The normalized spacial score (nSPS) is 11.9. The number of aliphatic hydroxyl groups excluding tert-OH is 1. The number of carboxylic acids is 1. The number of aromatic nitrogens is 1. The average Bonchev–Trinajstić information content (AvgIpc) is 2.28. The summed E-state index contributed by atoms with van der Waals surface area (Å²) < 4.78 is 0. The molecule has 1 aromatic heterocycles. The van der Waals surface area contributed by atoms with E-state index in [1.54, 1.807) is 0 Å². The van der Waals surface area contributed by atoms with Gasteiger partial charge in [-0.2, -0.15) is 0 Å². The summed E-state index contributed by atoms with van der Waals surface area (Å²) in [5.74, 6) is -1.78. The van der Waals surface area contributed by atoms with Crippen LogP contribution < -0.4 is 5.32 Å². The molecule has 1 unspecified atom stereocenters. The molecule has 0 aliphatic carbocycles. The third kappa shape index (κ3) is 4.01. The van der Waals surface area contributed by atoms with Gasteiger partial charge in [0.1, 0.15) is 11.2 Å².